The zero-order valence-corrected chi connectivity index (χ0v) is 18.3. The summed E-state index contributed by atoms with van der Waals surface area (Å²) >= 11 is 0. The summed E-state index contributed by atoms with van der Waals surface area (Å²) in [7, 11) is 0. The first-order chi connectivity index (χ1) is 13.2. The standard InChI is InChI=1S/C22H39N3O3/c1-18(2)7-11-23-16-22(9-6-19(23)26)8-5-10-24(17-22)20(27)21(3,4)25-12-14-28-15-13-25/h18H,5-17H2,1-4H3. The molecule has 0 bridgehead atoms. The van der Waals surface area contributed by atoms with Crippen molar-refractivity contribution in [2.45, 2.75) is 65.3 Å². The van der Waals surface area contributed by atoms with Gasteiger partial charge >= 0.3 is 0 Å². The van der Waals surface area contributed by atoms with Gasteiger partial charge in [-0.2, -0.15) is 0 Å². The van der Waals surface area contributed by atoms with Gasteiger partial charge in [0.25, 0.3) is 0 Å². The number of hydrogen-bond acceptors (Lipinski definition) is 4. The number of ether oxygens (including phenoxy) is 1. The summed E-state index contributed by atoms with van der Waals surface area (Å²) in [4.78, 5) is 32.3. The van der Waals surface area contributed by atoms with E-state index in [4.69, 9.17) is 4.74 Å². The lowest BCUT2D eigenvalue weighted by molar-refractivity contribution is -0.152. The Morgan fingerprint density at radius 3 is 2.54 bits per heavy atom. The van der Waals surface area contributed by atoms with Crippen LogP contribution >= 0.6 is 0 Å². The smallest absolute Gasteiger partial charge is 0.242 e. The van der Waals surface area contributed by atoms with Crippen molar-refractivity contribution >= 4 is 11.8 Å². The van der Waals surface area contributed by atoms with E-state index < -0.39 is 5.54 Å². The van der Waals surface area contributed by atoms with E-state index >= 15 is 0 Å². The fraction of sp³-hybridized carbons (Fsp3) is 0.909. The third-order valence-electron chi connectivity index (χ3n) is 7.00. The van der Waals surface area contributed by atoms with Crippen LogP contribution in [0.15, 0.2) is 0 Å². The summed E-state index contributed by atoms with van der Waals surface area (Å²) in [5, 5.41) is 0. The third-order valence-corrected chi connectivity index (χ3v) is 7.00. The van der Waals surface area contributed by atoms with E-state index in [0.29, 0.717) is 31.5 Å². The fourth-order valence-corrected chi connectivity index (χ4v) is 5.08. The maximum Gasteiger partial charge on any atom is 0.242 e. The molecule has 0 aromatic heterocycles. The number of rotatable bonds is 5. The molecular formula is C22H39N3O3. The molecule has 1 atom stereocenters. The molecule has 28 heavy (non-hydrogen) atoms. The maximum absolute atomic E-state index is 13.5. The Labute approximate surface area is 170 Å². The normalized spacial score (nSPS) is 27.7. The predicted octanol–water partition coefficient (Wildman–Crippen LogP) is 2.37. The van der Waals surface area contributed by atoms with Gasteiger partial charge in [-0.1, -0.05) is 13.8 Å². The predicted molar refractivity (Wildman–Crippen MR) is 110 cm³/mol. The van der Waals surface area contributed by atoms with E-state index in [1.54, 1.807) is 0 Å². The summed E-state index contributed by atoms with van der Waals surface area (Å²) in [5.74, 6) is 1.13. The SMILES string of the molecule is CC(C)CCN1CC2(CCCN(C(=O)C(C)(C)N3CCOCC3)C2)CCC1=O. The van der Waals surface area contributed by atoms with Crippen LogP contribution in [0.4, 0.5) is 0 Å². The molecule has 6 nitrogen and oxygen atoms in total. The monoisotopic (exact) mass is 393 g/mol. The van der Waals surface area contributed by atoms with Gasteiger partial charge in [0.2, 0.25) is 11.8 Å². The molecule has 0 aliphatic carbocycles. The number of carbonyl (C=O) groups excluding carboxylic acids is 2. The second kappa shape index (κ2) is 8.70. The van der Waals surface area contributed by atoms with Gasteiger partial charge in [0, 0.05) is 51.1 Å². The summed E-state index contributed by atoms with van der Waals surface area (Å²) in [6.45, 7) is 14.9. The van der Waals surface area contributed by atoms with Crippen molar-refractivity contribution in [1.29, 1.82) is 0 Å². The molecule has 6 heteroatoms. The molecular weight excluding hydrogens is 354 g/mol. The quantitative estimate of drug-likeness (QED) is 0.720. The fourth-order valence-electron chi connectivity index (χ4n) is 5.08. The summed E-state index contributed by atoms with van der Waals surface area (Å²) in [6, 6.07) is 0. The van der Waals surface area contributed by atoms with Crippen LogP contribution in [0.25, 0.3) is 0 Å². The molecule has 160 valence electrons. The van der Waals surface area contributed by atoms with Crippen molar-refractivity contribution in [1.82, 2.24) is 14.7 Å². The molecule has 3 aliphatic heterocycles. The van der Waals surface area contributed by atoms with Crippen LogP contribution < -0.4 is 0 Å². The Morgan fingerprint density at radius 1 is 1.14 bits per heavy atom. The molecule has 0 aromatic carbocycles. The van der Waals surface area contributed by atoms with Gasteiger partial charge in [0.15, 0.2) is 0 Å². The molecule has 0 saturated carbocycles. The van der Waals surface area contributed by atoms with E-state index in [1.165, 1.54) is 0 Å². The minimum Gasteiger partial charge on any atom is -0.379 e. The van der Waals surface area contributed by atoms with Crippen LogP contribution in [0, 0.1) is 11.3 Å². The van der Waals surface area contributed by atoms with Crippen molar-refractivity contribution in [3.63, 3.8) is 0 Å². The summed E-state index contributed by atoms with van der Waals surface area (Å²) in [6.07, 6.45) is 4.77. The molecule has 2 amide bonds. The van der Waals surface area contributed by atoms with E-state index in [0.717, 1.165) is 65.0 Å². The molecule has 3 heterocycles. The second-order valence-electron chi connectivity index (χ2n) is 9.99. The minimum atomic E-state index is -0.496. The highest BCUT2D eigenvalue weighted by Gasteiger charge is 2.46. The molecule has 3 fully saturated rings. The topological polar surface area (TPSA) is 53.1 Å². The summed E-state index contributed by atoms with van der Waals surface area (Å²) in [5.41, 5.74) is -0.413. The van der Waals surface area contributed by atoms with Crippen molar-refractivity contribution in [2.24, 2.45) is 11.3 Å². The number of hydrogen-bond donors (Lipinski definition) is 0. The number of nitrogens with zero attached hydrogens (tertiary/aromatic N) is 3. The van der Waals surface area contributed by atoms with Crippen molar-refractivity contribution < 1.29 is 14.3 Å². The van der Waals surface area contributed by atoms with Gasteiger partial charge in [0.05, 0.1) is 18.8 Å². The number of likely N-dealkylation sites (tertiary alicyclic amines) is 2. The first-order valence-electron chi connectivity index (χ1n) is 11.1. The summed E-state index contributed by atoms with van der Waals surface area (Å²) < 4.78 is 5.47. The molecule has 3 saturated heterocycles. The Kier molecular flexibility index (Phi) is 6.70. The highest BCUT2D eigenvalue weighted by atomic mass is 16.5. The van der Waals surface area contributed by atoms with Crippen LogP contribution in [0.3, 0.4) is 0 Å². The van der Waals surface area contributed by atoms with E-state index in [-0.39, 0.29) is 11.3 Å². The van der Waals surface area contributed by atoms with Gasteiger partial charge in [-0.25, -0.2) is 0 Å². The van der Waals surface area contributed by atoms with Crippen LogP contribution in [0.5, 0.6) is 0 Å². The first kappa shape index (κ1) is 21.6. The zero-order chi connectivity index (χ0) is 20.4. The number of piperidine rings is 2. The average Bonchev–Trinajstić information content (AvgIpc) is 2.69. The number of carbonyl (C=O) groups is 2. The van der Waals surface area contributed by atoms with Gasteiger partial charge in [-0.3, -0.25) is 14.5 Å². The highest BCUT2D eigenvalue weighted by Crippen LogP contribution is 2.40. The molecule has 1 spiro atoms. The molecule has 0 N–H and O–H groups in total. The lowest BCUT2D eigenvalue weighted by Crippen LogP contribution is -2.62. The number of morpholine rings is 1. The number of amides is 2. The van der Waals surface area contributed by atoms with E-state index in [2.05, 4.69) is 42.4 Å². The Balaban J connectivity index is 1.67. The van der Waals surface area contributed by atoms with E-state index in [1.807, 2.05) is 0 Å². The Morgan fingerprint density at radius 2 is 1.86 bits per heavy atom. The van der Waals surface area contributed by atoms with Crippen molar-refractivity contribution in [3.8, 4) is 0 Å². The van der Waals surface area contributed by atoms with Gasteiger partial charge in [-0.05, 0) is 45.4 Å². The average molecular weight is 394 g/mol. The molecule has 0 radical (unpaired) electrons. The lowest BCUT2D eigenvalue weighted by atomic mass is 9.73. The molecule has 3 rings (SSSR count). The van der Waals surface area contributed by atoms with Gasteiger partial charge < -0.3 is 14.5 Å². The third kappa shape index (κ3) is 4.70. The van der Waals surface area contributed by atoms with E-state index in [9.17, 15) is 9.59 Å². The van der Waals surface area contributed by atoms with Crippen LogP contribution in [0.1, 0.15) is 59.8 Å². The Hall–Kier alpha value is -1.14. The van der Waals surface area contributed by atoms with Crippen LogP contribution in [-0.2, 0) is 14.3 Å². The van der Waals surface area contributed by atoms with Gasteiger partial charge in [0.1, 0.15) is 0 Å². The first-order valence-corrected chi connectivity index (χ1v) is 11.1. The molecule has 1 unspecified atom stereocenters. The molecule has 3 aliphatic rings. The minimum absolute atomic E-state index is 0.0832. The van der Waals surface area contributed by atoms with Crippen molar-refractivity contribution in [3.05, 3.63) is 0 Å². The largest absolute Gasteiger partial charge is 0.379 e. The lowest BCUT2D eigenvalue weighted by Gasteiger charge is -2.50. The highest BCUT2D eigenvalue weighted by molar-refractivity contribution is 5.85. The maximum atomic E-state index is 13.5. The second-order valence-corrected chi connectivity index (χ2v) is 9.99. The Bertz CT molecular complexity index is 571. The van der Waals surface area contributed by atoms with Crippen molar-refractivity contribution in [2.75, 3.05) is 52.5 Å². The van der Waals surface area contributed by atoms with Crippen LogP contribution in [0.2, 0.25) is 0 Å². The van der Waals surface area contributed by atoms with Crippen LogP contribution in [-0.4, -0.2) is 84.5 Å². The zero-order valence-electron chi connectivity index (χ0n) is 18.3. The molecule has 0 aromatic rings. The van der Waals surface area contributed by atoms with Gasteiger partial charge in [-0.15, -0.1) is 0 Å².